The Morgan fingerprint density at radius 2 is 2.25 bits per heavy atom. The number of sulfonamides is 1. The van der Waals surface area contributed by atoms with Crippen molar-refractivity contribution < 1.29 is 23.1 Å². The highest BCUT2D eigenvalue weighted by Gasteiger charge is 2.42. The maximum absolute atomic E-state index is 12.7. The van der Waals surface area contributed by atoms with Crippen LogP contribution in [0, 0.1) is 0 Å². The summed E-state index contributed by atoms with van der Waals surface area (Å²) in [5.41, 5.74) is 0.0183. The number of carboxylic acids is 1. The average molecular weight is 317 g/mol. The van der Waals surface area contributed by atoms with Crippen molar-refractivity contribution in [1.29, 1.82) is 0 Å². The number of aromatic carboxylic acids is 1. The maximum atomic E-state index is 12.7. The van der Waals surface area contributed by atoms with Gasteiger partial charge in [-0.25, -0.2) is 13.2 Å². The van der Waals surface area contributed by atoms with Gasteiger partial charge in [0.2, 0.25) is 0 Å². The Morgan fingerprint density at radius 3 is 2.95 bits per heavy atom. The largest absolute Gasteiger partial charge is 0.478 e. The van der Waals surface area contributed by atoms with E-state index in [1.807, 2.05) is 0 Å². The third-order valence-electron chi connectivity index (χ3n) is 3.82. The van der Waals surface area contributed by atoms with Crippen molar-refractivity contribution in [2.75, 3.05) is 13.2 Å². The predicted octanol–water partition coefficient (Wildman–Crippen LogP) is 1.39. The van der Waals surface area contributed by atoms with Crippen LogP contribution in [-0.2, 0) is 14.8 Å². The Morgan fingerprint density at radius 1 is 1.45 bits per heavy atom. The van der Waals surface area contributed by atoms with E-state index >= 15 is 0 Å². The molecule has 0 radical (unpaired) electrons. The first-order valence-corrected chi connectivity index (χ1v) is 8.77. The number of hydrogen-bond donors (Lipinski definition) is 1. The van der Waals surface area contributed by atoms with Crippen LogP contribution < -0.4 is 0 Å². The standard InChI is InChI=1S/C12H15NO5S2/c14-12(15)8-6-11(19-7-8)20(16,17)13-4-5-18-10-3-1-2-9(10)13/h6-7,9-10H,1-5H2,(H,14,15). The van der Waals surface area contributed by atoms with Gasteiger partial charge >= 0.3 is 5.97 Å². The topological polar surface area (TPSA) is 83.9 Å². The van der Waals surface area contributed by atoms with E-state index in [1.54, 1.807) is 0 Å². The van der Waals surface area contributed by atoms with Gasteiger partial charge in [-0.1, -0.05) is 0 Å². The normalized spacial score (nSPS) is 27.4. The first kappa shape index (κ1) is 14.0. The number of morpholine rings is 1. The van der Waals surface area contributed by atoms with Gasteiger partial charge < -0.3 is 9.84 Å². The third-order valence-corrected chi connectivity index (χ3v) is 7.16. The molecule has 110 valence electrons. The Bertz CT molecular complexity index is 624. The Hall–Kier alpha value is -0.960. The number of thiophene rings is 1. The first-order chi connectivity index (χ1) is 9.50. The Kier molecular flexibility index (Phi) is 3.57. The average Bonchev–Trinajstić information content (AvgIpc) is 3.07. The first-order valence-electron chi connectivity index (χ1n) is 6.45. The second-order valence-electron chi connectivity index (χ2n) is 4.98. The molecule has 6 nitrogen and oxygen atoms in total. The van der Waals surface area contributed by atoms with Gasteiger partial charge in [-0.15, -0.1) is 11.3 Å². The number of fused-ring (bicyclic) bond motifs is 1. The predicted molar refractivity (Wildman–Crippen MR) is 72.5 cm³/mol. The minimum atomic E-state index is -3.62. The highest BCUT2D eigenvalue weighted by atomic mass is 32.2. The van der Waals surface area contributed by atoms with Gasteiger partial charge in [0.05, 0.1) is 24.3 Å². The van der Waals surface area contributed by atoms with E-state index in [1.165, 1.54) is 15.8 Å². The molecule has 1 saturated carbocycles. The smallest absolute Gasteiger partial charge is 0.336 e. The van der Waals surface area contributed by atoms with Crippen molar-refractivity contribution in [2.24, 2.45) is 0 Å². The van der Waals surface area contributed by atoms with Crippen LogP contribution >= 0.6 is 11.3 Å². The highest BCUT2D eigenvalue weighted by molar-refractivity contribution is 7.91. The lowest BCUT2D eigenvalue weighted by Crippen LogP contribution is -2.50. The molecular formula is C12H15NO5S2. The van der Waals surface area contributed by atoms with Crippen molar-refractivity contribution in [3.8, 4) is 0 Å². The lowest BCUT2D eigenvalue weighted by Gasteiger charge is -2.36. The second kappa shape index (κ2) is 5.10. The summed E-state index contributed by atoms with van der Waals surface area (Å²) in [5, 5.41) is 10.3. The molecule has 3 rings (SSSR count). The minimum Gasteiger partial charge on any atom is -0.478 e. The molecule has 8 heteroatoms. The van der Waals surface area contributed by atoms with Crippen LogP contribution in [0.1, 0.15) is 29.6 Å². The summed E-state index contributed by atoms with van der Waals surface area (Å²) in [7, 11) is -3.62. The van der Waals surface area contributed by atoms with Crippen molar-refractivity contribution in [1.82, 2.24) is 4.31 Å². The van der Waals surface area contributed by atoms with E-state index in [0.717, 1.165) is 30.6 Å². The second-order valence-corrected chi connectivity index (χ2v) is 8.01. The van der Waals surface area contributed by atoms with Crippen LogP contribution in [0.15, 0.2) is 15.7 Å². The zero-order valence-electron chi connectivity index (χ0n) is 10.7. The summed E-state index contributed by atoms with van der Waals surface area (Å²) in [4.78, 5) is 10.9. The Balaban J connectivity index is 1.92. The van der Waals surface area contributed by atoms with E-state index in [2.05, 4.69) is 0 Å². The third kappa shape index (κ3) is 2.26. The minimum absolute atomic E-state index is 0.0163. The van der Waals surface area contributed by atoms with Gasteiger partial charge in [-0.2, -0.15) is 4.31 Å². The zero-order chi connectivity index (χ0) is 14.3. The van der Waals surface area contributed by atoms with E-state index in [-0.39, 0.29) is 21.9 Å². The van der Waals surface area contributed by atoms with Crippen molar-refractivity contribution >= 4 is 27.3 Å². The number of rotatable bonds is 3. The number of carboxylic acid groups (broad SMARTS) is 1. The molecule has 1 aliphatic carbocycles. The number of hydrogen-bond acceptors (Lipinski definition) is 5. The monoisotopic (exact) mass is 317 g/mol. The molecule has 0 amide bonds. The van der Waals surface area contributed by atoms with Crippen molar-refractivity contribution in [2.45, 2.75) is 35.6 Å². The highest BCUT2D eigenvalue weighted by Crippen LogP contribution is 2.34. The molecule has 1 N–H and O–H groups in total. The molecule has 2 heterocycles. The molecule has 1 aliphatic heterocycles. The molecule has 0 bridgehead atoms. The van der Waals surface area contributed by atoms with E-state index in [9.17, 15) is 13.2 Å². The number of carbonyl (C=O) groups is 1. The summed E-state index contributed by atoms with van der Waals surface area (Å²) in [6.07, 6.45) is 2.65. The van der Waals surface area contributed by atoms with E-state index < -0.39 is 16.0 Å². The molecule has 2 fully saturated rings. The fourth-order valence-corrected chi connectivity index (χ4v) is 5.81. The van der Waals surface area contributed by atoms with Gasteiger partial charge in [0.15, 0.2) is 0 Å². The summed E-state index contributed by atoms with van der Waals surface area (Å²) >= 11 is 0.961. The summed E-state index contributed by atoms with van der Waals surface area (Å²) < 4.78 is 32.5. The summed E-state index contributed by atoms with van der Waals surface area (Å²) in [5.74, 6) is -1.11. The fourth-order valence-electron chi connectivity index (χ4n) is 2.87. The molecule has 1 aromatic heterocycles. The van der Waals surface area contributed by atoms with Crippen LogP contribution in [0.2, 0.25) is 0 Å². The molecular weight excluding hydrogens is 302 g/mol. The van der Waals surface area contributed by atoms with E-state index in [4.69, 9.17) is 9.84 Å². The van der Waals surface area contributed by atoms with Gasteiger partial charge in [-0.3, -0.25) is 0 Å². The SMILES string of the molecule is O=C(O)c1csc(S(=O)(=O)N2CCOC3CCCC32)c1. The molecule has 2 unspecified atom stereocenters. The lowest BCUT2D eigenvalue weighted by molar-refractivity contribution is -0.0241. The molecule has 0 spiro atoms. The van der Waals surface area contributed by atoms with Gasteiger partial charge in [0.25, 0.3) is 10.0 Å². The van der Waals surface area contributed by atoms with Crippen LogP contribution in [0.5, 0.6) is 0 Å². The number of ether oxygens (including phenoxy) is 1. The van der Waals surface area contributed by atoms with Crippen LogP contribution in [-0.4, -0.2) is 49.1 Å². The van der Waals surface area contributed by atoms with Gasteiger partial charge in [0, 0.05) is 11.9 Å². The molecule has 20 heavy (non-hydrogen) atoms. The zero-order valence-corrected chi connectivity index (χ0v) is 12.3. The van der Waals surface area contributed by atoms with Gasteiger partial charge in [-0.05, 0) is 25.3 Å². The maximum Gasteiger partial charge on any atom is 0.336 e. The van der Waals surface area contributed by atoms with Crippen LogP contribution in [0.25, 0.3) is 0 Å². The summed E-state index contributed by atoms with van der Waals surface area (Å²) in [6.45, 7) is 0.737. The summed E-state index contributed by atoms with van der Waals surface area (Å²) in [6, 6.07) is 1.13. The fraction of sp³-hybridized carbons (Fsp3) is 0.583. The van der Waals surface area contributed by atoms with Crippen molar-refractivity contribution in [3.63, 3.8) is 0 Å². The van der Waals surface area contributed by atoms with Crippen LogP contribution in [0.4, 0.5) is 0 Å². The quantitative estimate of drug-likeness (QED) is 0.910. The van der Waals surface area contributed by atoms with E-state index in [0.29, 0.717) is 13.2 Å². The molecule has 2 aliphatic rings. The molecule has 0 aromatic carbocycles. The Labute approximate surface area is 121 Å². The van der Waals surface area contributed by atoms with Gasteiger partial charge in [0.1, 0.15) is 4.21 Å². The van der Waals surface area contributed by atoms with Crippen molar-refractivity contribution in [3.05, 3.63) is 17.0 Å². The molecule has 1 saturated heterocycles. The number of nitrogens with zero attached hydrogens (tertiary/aromatic N) is 1. The molecule has 1 aromatic rings. The van der Waals surface area contributed by atoms with Crippen LogP contribution in [0.3, 0.4) is 0 Å². The lowest BCUT2D eigenvalue weighted by atomic mass is 10.2. The molecule has 2 atom stereocenters.